The van der Waals surface area contributed by atoms with Crippen molar-refractivity contribution in [2.45, 2.75) is 32.1 Å². The van der Waals surface area contributed by atoms with Crippen molar-refractivity contribution in [1.82, 2.24) is 5.32 Å². The lowest BCUT2D eigenvalue weighted by Gasteiger charge is -2.26. The van der Waals surface area contributed by atoms with Crippen LogP contribution in [0.25, 0.3) is 0 Å². The van der Waals surface area contributed by atoms with Gasteiger partial charge in [0, 0.05) is 13.0 Å². The maximum absolute atomic E-state index is 4.53. The van der Waals surface area contributed by atoms with Crippen molar-refractivity contribution in [1.29, 1.82) is 0 Å². The minimum Gasteiger partial charge on any atom is -0.372 e. The number of hydrogen-bond acceptors (Lipinski definition) is 2. The molecule has 1 aliphatic heterocycles. The van der Waals surface area contributed by atoms with Gasteiger partial charge in [0.25, 0.3) is 0 Å². The van der Waals surface area contributed by atoms with E-state index in [0.717, 1.165) is 25.9 Å². The van der Waals surface area contributed by atoms with Crippen LogP contribution in [0.5, 0.6) is 0 Å². The van der Waals surface area contributed by atoms with Gasteiger partial charge >= 0.3 is 0 Å². The standard InChI is InChI=1S/C15H20N2.ClH/c1-2-5-12-6-4-7-13(14(12)8-3-1)11-15-16-9-10-17-15;/h1-3,8,13H,4-7,9-11H2,(H,16,17);1H. The number of hydrogen-bond donors (Lipinski definition) is 1. The zero-order valence-corrected chi connectivity index (χ0v) is 11.5. The molecule has 1 unspecified atom stereocenters. The lowest BCUT2D eigenvalue weighted by Crippen LogP contribution is -2.23. The topological polar surface area (TPSA) is 24.4 Å². The zero-order valence-electron chi connectivity index (χ0n) is 10.7. The van der Waals surface area contributed by atoms with Crippen LogP contribution in [-0.2, 0) is 0 Å². The van der Waals surface area contributed by atoms with E-state index in [2.05, 4.69) is 34.6 Å². The van der Waals surface area contributed by atoms with E-state index in [1.54, 1.807) is 11.1 Å². The van der Waals surface area contributed by atoms with Gasteiger partial charge in [-0.2, -0.15) is 0 Å². The van der Waals surface area contributed by atoms with Crippen LogP contribution in [0.3, 0.4) is 0 Å². The molecule has 3 heteroatoms. The number of rotatable bonds is 2. The summed E-state index contributed by atoms with van der Waals surface area (Å²) in [6.45, 7) is 2.00. The molecule has 0 saturated carbocycles. The molecule has 0 radical (unpaired) electrons. The van der Waals surface area contributed by atoms with Gasteiger partial charge in [-0.15, -0.1) is 12.4 Å². The first-order valence-corrected chi connectivity index (χ1v) is 6.76. The van der Waals surface area contributed by atoms with Gasteiger partial charge in [0.1, 0.15) is 0 Å². The van der Waals surface area contributed by atoms with Crippen LogP contribution in [0.1, 0.15) is 32.1 Å². The van der Waals surface area contributed by atoms with Gasteiger partial charge in [0.2, 0.25) is 0 Å². The second-order valence-corrected chi connectivity index (χ2v) is 5.10. The molecule has 0 bridgehead atoms. The Kier molecular flexibility index (Phi) is 4.65. The number of amidine groups is 1. The molecule has 98 valence electrons. The molecule has 0 aromatic heterocycles. The van der Waals surface area contributed by atoms with Gasteiger partial charge in [-0.25, -0.2) is 0 Å². The fourth-order valence-corrected chi connectivity index (χ4v) is 3.10. The van der Waals surface area contributed by atoms with Crippen molar-refractivity contribution in [2.75, 3.05) is 13.1 Å². The molecular formula is C15H21ClN2. The monoisotopic (exact) mass is 264 g/mol. The summed E-state index contributed by atoms with van der Waals surface area (Å²) in [6, 6.07) is 0. The van der Waals surface area contributed by atoms with Crippen LogP contribution in [0.2, 0.25) is 0 Å². The summed E-state index contributed by atoms with van der Waals surface area (Å²) in [4.78, 5) is 4.53. The van der Waals surface area contributed by atoms with Gasteiger partial charge in [0.15, 0.2) is 0 Å². The molecule has 1 atom stereocenters. The van der Waals surface area contributed by atoms with Crippen LogP contribution in [0, 0.1) is 5.92 Å². The quantitative estimate of drug-likeness (QED) is 0.812. The molecule has 0 aromatic carbocycles. The molecule has 18 heavy (non-hydrogen) atoms. The Bertz CT molecular complexity index is 418. The average molecular weight is 265 g/mol. The summed E-state index contributed by atoms with van der Waals surface area (Å²) in [5.74, 6) is 1.92. The highest BCUT2D eigenvalue weighted by Gasteiger charge is 2.23. The highest BCUT2D eigenvalue weighted by atomic mass is 35.5. The Morgan fingerprint density at radius 3 is 3.11 bits per heavy atom. The van der Waals surface area contributed by atoms with Crippen molar-refractivity contribution in [2.24, 2.45) is 10.9 Å². The second kappa shape index (κ2) is 6.24. The predicted octanol–water partition coefficient (Wildman–Crippen LogP) is 3.41. The van der Waals surface area contributed by atoms with Crippen LogP contribution in [0.4, 0.5) is 0 Å². The first kappa shape index (κ1) is 13.4. The number of nitrogens with zero attached hydrogens (tertiary/aromatic N) is 1. The molecule has 1 heterocycles. The van der Waals surface area contributed by atoms with E-state index >= 15 is 0 Å². The second-order valence-electron chi connectivity index (χ2n) is 5.10. The Morgan fingerprint density at radius 2 is 2.28 bits per heavy atom. The summed E-state index contributed by atoms with van der Waals surface area (Å²) < 4.78 is 0. The molecule has 3 rings (SSSR count). The van der Waals surface area contributed by atoms with E-state index in [1.807, 2.05) is 0 Å². The summed E-state index contributed by atoms with van der Waals surface area (Å²) in [7, 11) is 0. The first-order chi connectivity index (χ1) is 8.43. The molecule has 0 aromatic rings. The lowest BCUT2D eigenvalue weighted by molar-refractivity contribution is 0.516. The fraction of sp³-hybridized carbons (Fsp3) is 0.533. The molecule has 2 nitrogen and oxygen atoms in total. The summed E-state index contributed by atoms with van der Waals surface area (Å²) in [5, 5.41) is 3.40. The van der Waals surface area contributed by atoms with Crippen LogP contribution < -0.4 is 5.32 Å². The smallest absolute Gasteiger partial charge is 0.0970 e. The highest BCUT2D eigenvalue weighted by Crippen LogP contribution is 2.36. The van der Waals surface area contributed by atoms with Crippen molar-refractivity contribution < 1.29 is 0 Å². The third kappa shape index (κ3) is 2.86. The highest BCUT2D eigenvalue weighted by molar-refractivity contribution is 5.85. The first-order valence-electron chi connectivity index (χ1n) is 6.76. The van der Waals surface area contributed by atoms with Crippen molar-refractivity contribution >= 4 is 18.2 Å². The van der Waals surface area contributed by atoms with E-state index in [4.69, 9.17) is 0 Å². The van der Waals surface area contributed by atoms with Gasteiger partial charge in [0.05, 0.1) is 12.4 Å². The minimum atomic E-state index is 0. The largest absolute Gasteiger partial charge is 0.372 e. The molecule has 1 N–H and O–H groups in total. The van der Waals surface area contributed by atoms with Gasteiger partial charge in [-0.3, -0.25) is 4.99 Å². The van der Waals surface area contributed by atoms with E-state index in [1.165, 1.54) is 25.1 Å². The number of nitrogens with one attached hydrogen (secondary N) is 1. The number of aliphatic imine (C=N–C) groups is 1. The molecule has 0 amide bonds. The fourth-order valence-electron chi connectivity index (χ4n) is 3.10. The van der Waals surface area contributed by atoms with Gasteiger partial charge in [-0.05, 0) is 37.2 Å². The molecule has 2 aliphatic carbocycles. The van der Waals surface area contributed by atoms with E-state index in [-0.39, 0.29) is 12.4 Å². The van der Waals surface area contributed by atoms with E-state index in [0.29, 0.717) is 5.92 Å². The predicted molar refractivity (Wildman–Crippen MR) is 79.4 cm³/mol. The molecule has 0 fully saturated rings. The third-order valence-electron chi connectivity index (χ3n) is 3.95. The van der Waals surface area contributed by atoms with Gasteiger partial charge in [-0.1, -0.05) is 29.9 Å². The normalized spacial score (nSPS) is 26.0. The van der Waals surface area contributed by atoms with Gasteiger partial charge < -0.3 is 5.32 Å². The SMILES string of the molecule is C1=CCC2=C(C=C1)C(CC1=NCCN1)CCC2.Cl. The summed E-state index contributed by atoms with van der Waals surface area (Å²) in [6.07, 6.45) is 15.2. The number of halogens is 1. The summed E-state index contributed by atoms with van der Waals surface area (Å²) >= 11 is 0. The molecule has 0 spiro atoms. The molecule has 0 saturated heterocycles. The van der Waals surface area contributed by atoms with Crippen LogP contribution >= 0.6 is 12.4 Å². The van der Waals surface area contributed by atoms with E-state index in [9.17, 15) is 0 Å². The zero-order chi connectivity index (χ0) is 11.5. The lowest BCUT2D eigenvalue weighted by atomic mass is 9.80. The average Bonchev–Trinajstić information content (AvgIpc) is 2.73. The Hall–Kier alpha value is -1.02. The van der Waals surface area contributed by atoms with Crippen LogP contribution in [-0.4, -0.2) is 18.9 Å². The Morgan fingerprint density at radius 1 is 1.33 bits per heavy atom. The molecular weight excluding hydrogens is 244 g/mol. The summed E-state index contributed by atoms with van der Waals surface area (Å²) in [5.41, 5.74) is 3.25. The van der Waals surface area contributed by atoms with Crippen molar-refractivity contribution in [3.05, 3.63) is 35.5 Å². The Labute approximate surface area is 115 Å². The minimum absolute atomic E-state index is 0. The van der Waals surface area contributed by atoms with Crippen LogP contribution in [0.15, 0.2) is 40.4 Å². The Balaban J connectivity index is 0.00000120. The maximum Gasteiger partial charge on any atom is 0.0970 e. The molecule has 3 aliphatic rings. The number of allylic oxidation sites excluding steroid dienone is 6. The van der Waals surface area contributed by atoms with Crippen molar-refractivity contribution in [3.8, 4) is 0 Å². The van der Waals surface area contributed by atoms with Crippen molar-refractivity contribution in [3.63, 3.8) is 0 Å². The van der Waals surface area contributed by atoms with E-state index < -0.39 is 0 Å². The third-order valence-corrected chi connectivity index (χ3v) is 3.95. The maximum atomic E-state index is 4.53.